The van der Waals surface area contributed by atoms with Gasteiger partial charge >= 0.3 is 0 Å². The molecule has 0 aromatic carbocycles. The molecule has 5 heteroatoms. The van der Waals surface area contributed by atoms with Crippen LogP contribution >= 0.6 is 0 Å². The fourth-order valence-electron chi connectivity index (χ4n) is 0.871. The molecule has 2 aromatic heterocycles. The molecule has 2 heterocycles. The maximum Gasteiger partial charge on any atom is 0.220 e. The summed E-state index contributed by atoms with van der Waals surface area (Å²) < 4.78 is 4.87. The summed E-state index contributed by atoms with van der Waals surface area (Å²) in [7, 11) is 0. The van der Waals surface area contributed by atoms with Crippen molar-refractivity contribution in [2.24, 2.45) is 0 Å². The van der Waals surface area contributed by atoms with Crippen molar-refractivity contribution in [2.75, 3.05) is 5.73 Å². The molecule has 0 saturated carbocycles. The van der Waals surface area contributed by atoms with Crippen molar-refractivity contribution in [2.45, 2.75) is 6.92 Å². The fourth-order valence-corrected chi connectivity index (χ4v) is 0.871. The molecule has 5 nitrogen and oxygen atoms in total. The van der Waals surface area contributed by atoms with E-state index in [4.69, 9.17) is 10.3 Å². The van der Waals surface area contributed by atoms with Gasteiger partial charge in [0.25, 0.3) is 0 Å². The van der Waals surface area contributed by atoms with Crippen molar-refractivity contribution in [3.8, 4) is 0 Å². The number of aromatic nitrogens is 3. The third-order valence-electron chi connectivity index (χ3n) is 1.40. The molecule has 0 amide bonds. The Hall–Kier alpha value is -1.65. The van der Waals surface area contributed by atoms with Crippen molar-refractivity contribution in [3.05, 3.63) is 11.9 Å². The molecule has 2 aromatic rings. The molecule has 2 N–H and O–H groups in total. The highest BCUT2D eigenvalue weighted by molar-refractivity contribution is 5.74. The molecule has 0 aliphatic rings. The Kier molecular flexibility index (Phi) is 1.06. The van der Waals surface area contributed by atoms with E-state index in [0.29, 0.717) is 11.1 Å². The molecule has 11 heavy (non-hydrogen) atoms. The van der Waals surface area contributed by atoms with Crippen LogP contribution in [0, 0.1) is 6.92 Å². The molecule has 0 spiro atoms. The van der Waals surface area contributed by atoms with Crippen LogP contribution in [0.3, 0.4) is 0 Å². The topological polar surface area (TPSA) is 77.8 Å². The molecule has 56 valence electrons. The van der Waals surface area contributed by atoms with Gasteiger partial charge in [-0.2, -0.15) is 0 Å². The van der Waals surface area contributed by atoms with Crippen molar-refractivity contribution < 1.29 is 4.52 Å². The average Bonchev–Trinajstić information content (AvgIpc) is 2.33. The quantitative estimate of drug-likeness (QED) is 0.591. The Bertz CT molecular complexity index is 394. The maximum absolute atomic E-state index is 5.36. The van der Waals surface area contributed by atoms with E-state index in [1.807, 2.05) is 0 Å². The number of nitrogen functional groups attached to an aromatic ring is 1. The lowest BCUT2D eigenvalue weighted by Gasteiger charge is -1.88. The molecule has 0 aliphatic heterocycles. The van der Waals surface area contributed by atoms with E-state index in [1.165, 1.54) is 6.20 Å². The highest BCUT2D eigenvalue weighted by atomic mass is 16.5. The lowest BCUT2D eigenvalue weighted by Crippen LogP contribution is -1.92. The van der Waals surface area contributed by atoms with E-state index in [1.54, 1.807) is 6.92 Å². The molecular formula is C6H6N4O. The third-order valence-corrected chi connectivity index (χ3v) is 1.40. The molecular weight excluding hydrogens is 144 g/mol. The van der Waals surface area contributed by atoms with Crippen LogP contribution in [-0.2, 0) is 0 Å². The molecule has 0 bridgehead atoms. The Labute approximate surface area is 62.2 Å². The fraction of sp³-hybridized carbons (Fsp3) is 0.167. The number of nitrogens with zero attached hydrogens (tertiary/aromatic N) is 3. The highest BCUT2D eigenvalue weighted by Gasteiger charge is 2.04. The first kappa shape index (κ1) is 6.09. The largest absolute Gasteiger partial charge is 0.368 e. The maximum atomic E-state index is 5.36. The first-order valence-corrected chi connectivity index (χ1v) is 3.12. The minimum Gasteiger partial charge on any atom is -0.368 e. The van der Waals surface area contributed by atoms with Crippen LogP contribution in [0.4, 0.5) is 5.95 Å². The summed E-state index contributed by atoms with van der Waals surface area (Å²) in [5.74, 6) is 0.240. The zero-order valence-corrected chi connectivity index (χ0v) is 5.90. The van der Waals surface area contributed by atoms with Crippen molar-refractivity contribution in [1.29, 1.82) is 0 Å². The molecule has 0 unspecified atom stereocenters. The van der Waals surface area contributed by atoms with Crippen LogP contribution in [0.2, 0.25) is 0 Å². The van der Waals surface area contributed by atoms with E-state index in [0.717, 1.165) is 5.69 Å². The van der Waals surface area contributed by atoms with Gasteiger partial charge in [-0.1, -0.05) is 5.16 Å². The summed E-state index contributed by atoms with van der Waals surface area (Å²) in [6.45, 7) is 1.80. The van der Waals surface area contributed by atoms with E-state index in [-0.39, 0.29) is 5.95 Å². The second kappa shape index (κ2) is 1.91. The van der Waals surface area contributed by atoms with Gasteiger partial charge in [-0.25, -0.2) is 9.97 Å². The van der Waals surface area contributed by atoms with Crippen LogP contribution in [-0.4, -0.2) is 15.1 Å². The predicted octanol–water partition coefficient (Wildman–Crippen LogP) is 0.508. The minimum atomic E-state index is 0.240. The van der Waals surface area contributed by atoms with E-state index in [2.05, 4.69) is 15.1 Å². The van der Waals surface area contributed by atoms with Crippen molar-refractivity contribution in [1.82, 2.24) is 15.1 Å². The van der Waals surface area contributed by atoms with Gasteiger partial charge in [0.05, 0.1) is 6.20 Å². The second-order valence-electron chi connectivity index (χ2n) is 2.21. The van der Waals surface area contributed by atoms with Crippen molar-refractivity contribution in [3.63, 3.8) is 0 Å². The minimum absolute atomic E-state index is 0.240. The molecule has 0 radical (unpaired) electrons. The summed E-state index contributed by atoms with van der Waals surface area (Å²) in [5.41, 5.74) is 7.34. The van der Waals surface area contributed by atoms with Crippen LogP contribution in [0.25, 0.3) is 11.1 Å². The number of anilines is 1. The highest BCUT2D eigenvalue weighted by Crippen LogP contribution is 2.13. The Morgan fingerprint density at radius 1 is 1.55 bits per heavy atom. The standard InChI is InChI=1S/C6H6N4O/c1-3-5-4(11-10-3)2-8-6(7)9-5/h2H,1H3,(H2,7,8,9). The third kappa shape index (κ3) is 0.813. The van der Waals surface area contributed by atoms with Gasteiger partial charge < -0.3 is 10.3 Å². The SMILES string of the molecule is Cc1noc2cnc(N)nc12. The van der Waals surface area contributed by atoms with Crippen LogP contribution in [0.15, 0.2) is 10.7 Å². The van der Waals surface area contributed by atoms with Gasteiger partial charge in [-0.3, -0.25) is 0 Å². The van der Waals surface area contributed by atoms with Crippen LogP contribution in [0.1, 0.15) is 5.69 Å². The second-order valence-corrected chi connectivity index (χ2v) is 2.21. The van der Waals surface area contributed by atoms with Gasteiger partial charge in [-0.15, -0.1) is 0 Å². The number of hydrogen-bond acceptors (Lipinski definition) is 5. The first-order valence-electron chi connectivity index (χ1n) is 3.12. The Balaban J connectivity index is 2.87. The summed E-state index contributed by atoms with van der Waals surface area (Å²) in [6, 6.07) is 0. The summed E-state index contributed by atoms with van der Waals surface area (Å²) in [5, 5.41) is 3.70. The number of hydrogen-bond donors (Lipinski definition) is 1. The number of rotatable bonds is 0. The smallest absolute Gasteiger partial charge is 0.220 e. The summed E-state index contributed by atoms with van der Waals surface area (Å²) in [6.07, 6.45) is 1.51. The lowest BCUT2D eigenvalue weighted by atomic mass is 10.4. The summed E-state index contributed by atoms with van der Waals surface area (Å²) >= 11 is 0. The van der Waals surface area contributed by atoms with Gasteiger partial charge in [0, 0.05) is 0 Å². The zero-order chi connectivity index (χ0) is 7.84. The molecule has 2 rings (SSSR count). The Morgan fingerprint density at radius 3 is 3.18 bits per heavy atom. The van der Waals surface area contributed by atoms with E-state index >= 15 is 0 Å². The van der Waals surface area contributed by atoms with Crippen LogP contribution < -0.4 is 5.73 Å². The van der Waals surface area contributed by atoms with Gasteiger partial charge in [0.2, 0.25) is 11.5 Å². The zero-order valence-electron chi connectivity index (χ0n) is 5.90. The van der Waals surface area contributed by atoms with Crippen LogP contribution in [0.5, 0.6) is 0 Å². The van der Waals surface area contributed by atoms with Crippen molar-refractivity contribution >= 4 is 17.0 Å². The van der Waals surface area contributed by atoms with Gasteiger partial charge in [-0.05, 0) is 6.92 Å². The molecule has 0 aliphatic carbocycles. The van der Waals surface area contributed by atoms with E-state index < -0.39 is 0 Å². The number of fused-ring (bicyclic) bond motifs is 1. The van der Waals surface area contributed by atoms with Gasteiger partial charge in [0.15, 0.2) is 0 Å². The predicted molar refractivity (Wildman–Crippen MR) is 38.7 cm³/mol. The molecule has 0 atom stereocenters. The lowest BCUT2D eigenvalue weighted by molar-refractivity contribution is 0.449. The van der Waals surface area contributed by atoms with E-state index in [9.17, 15) is 0 Å². The first-order chi connectivity index (χ1) is 5.27. The Morgan fingerprint density at radius 2 is 2.36 bits per heavy atom. The number of nitrogens with two attached hydrogens (primary N) is 1. The number of aryl methyl sites for hydroxylation is 1. The normalized spacial score (nSPS) is 10.6. The van der Waals surface area contributed by atoms with Gasteiger partial charge in [0.1, 0.15) is 11.2 Å². The average molecular weight is 150 g/mol. The molecule has 0 saturated heterocycles. The molecule has 0 fully saturated rings. The summed E-state index contributed by atoms with van der Waals surface area (Å²) in [4.78, 5) is 7.70. The monoisotopic (exact) mass is 150 g/mol.